The van der Waals surface area contributed by atoms with Gasteiger partial charge in [0.2, 0.25) is 0 Å². The molecule has 0 bridgehead atoms. The van der Waals surface area contributed by atoms with Gasteiger partial charge >= 0.3 is 23.9 Å². The zero-order chi connectivity index (χ0) is 26.2. The van der Waals surface area contributed by atoms with Crippen LogP contribution in [0, 0.1) is 0 Å². The maximum atomic E-state index is 13.2. The van der Waals surface area contributed by atoms with Crippen molar-refractivity contribution in [3.63, 3.8) is 0 Å². The Bertz CT molecular complexity index is 1250. The molecule has 0 amide bonds. The van der Waals surface area contributed by atoms with E-state index in [2.05, 4.69) is 0 Å². The van der Waals surface area contributed by atoms with Crippen molar-refractivity contribution in [1.82, 2.24) is 0 Å². The van der Waals surface area contributed by atoms with E-state index in [9.17, 15) is 19.2 Å². The monoisotopic (exact) mass is 491 g/mol. The number of rotatable bonds is 7. The first-order valence-corrected chi connectivity index (χ1v) is 10.8. The van der Waals surface area contributed by atoms with E-state index in [0.717, 1.165) is 34.0 Å². The van der Waals surface area contributed by atoms with E-state index >= 15 is 0 Å². The number of hydrogen-bond donors (Lipinski definition) is 0. The second-order valence-electron chi connectivity index (χ2n) is 7.40. The summed E-state index contributed by atoms with van der Waals surface area (Å²) in [4.78, 5) is 53.8. The summed E-state index contributed by atoms with van der Waals surface area (Å²) >= 11 is 0. The molecule has 2 aromatic carbocycles. The minimum absolute atomic E-state index is 0.214. The lowest BCUT2D eigenvalue weighted by Crippen LogP contribution is -2.46. The van der Waals surface area contributed by atoms with Gasteiger partial charge in [-0.15, -0.1) is 0 Å². The zero-order valence-corrected chi connectivity index (χ0v) is 20.2. The zero-order valence-electron chi connectivity index (χ0n) is 20.2. The largest absolute Gasteiger partial charge is 0.466 e. The second-order valence-corrected chi connectivity index (χ2v) is 7.40. The Balaban J connectivity index is 2.48. The minimum atomic E-state index is -1.07. The molecule has 0 spiro atoms. The van der Waals surface area contributed by atoms with Crippen LogP contribution in [0.25, 0.3) is 6.08 Å². The topological polar surface area (TPSA) is 108 Å². The van der Waals surface area contributed by atoms with Crippen LogP contribution < -0.4 is 4.90 Å². The summed E-state index contributed by atoms with van der Waals surface area (Å²) in [5.74, 6) is -3.89. The fourth-order valence-corrected chi connectivity index (χ4v) is 3.86. The third-order valence-corrected chi connectivity index (χ3v) is 5.44. The van der Waals surface area contributed by atoms with Gasteiger partial charge in [0.1, 0.15) is 11.3 Å². The van der Waals surface area contributed by atoms with Crippen LogP contribution >= 0.6 is 0 Å². The molecular formula is C27H25NO8. The quantitative estimate of drug-likeness (QED) is 0.427. The van der Waals surface area contributed by atoms with E-state index in [0.29, 0.717) is 5.69 Å². The summed E-state index contributed by atoms with van der Waals surface area (Å²) < 4.78 is 19.8. The molecule has 9 nitrogen and oxygen atoms in total. The van der Waals surface area contributed by atoms with E-state index in [1.807, 2.05) is 30.3 Å². The normalized spacial score (nSPS) is 15.6. The molecule has 0 aliphatic carbocycles. The molecule has 9 heteroatoms. The summed E-state index contributed by atoms with van der Waals surface area (Å²) in [6.45, 7) is 0. The van der Waals surface area contributed by atoms with Crippen molar-refractivity contribution in [2.75, 3.05) is 33.3 Å². The number of methoxy groups -OCH3 is 4. The smallest absolute Gasteiger partial charge is 0.355 e. The number of carbonyl (C=O) groups excluding carboxylic acids is 4. The van der Waals surface area contributed by atoms with Crippen molar-refractivity contribution in [2.24, 2.45) is 0 Å². The van der Waals surface area contributed by atoms with Gasteiger partial charge in [-0.25, -0.2) is 19.2 Å². The first-order valence-electron chi connectivity index (χ1n) is 10.8. The molecule has 36 heavy (non-hydrogen) atoms. The van der Waals surface area contributed by atoms with Gasteiger partial charge in [-0.3, -0.25) is 0 Å². The number of benzene rings is 2. The molecule has 3 rings (SSSR count). The Morgan fingerprint density at radius 3 is 1.69 bits per heavy atom. The third kappa shape index (κ3) is 5.05. The van der Waals surface area contributed by atoms with E-state index in [1.165, 1.54) is 4.90 Å². The SMILES string of the molecule is COC(=O)C1=C(C(=O)OC)C(/C=C\c2ccccc2)N(c2ccccc2)C(C(=O)OC)=C1C(=O)OC. The summed E-state index contributed by atoms with van der Waals surface area (Å²) in [7, 11) is 4.46. The van der Waals surface area contributed by atoms with Gasteiger partial charge in [0.15, 0.2) is 0 Å². The average Bonchev–Trinajstić information content (AvgIpc) is 2.94. The Morgan fingerprint density at radius 1 is 0.667 bits per heavy atom. The molecule has 0 radical (unpaired) electrons. The molecule has 0 saturated heterocycles. The highest BCUT2D eigenvalue weighted by Gasteiger charge is 2.46. The standard InChI is InChI=1S/C27H25NO8/c1-33-24(29)20-19(16-15-17-11-7-5-8-12-17)28(18-13-9-6-10-14-18)23(27(32)36-4)22(26(31)35-3)21(20)25(30)34-2/h5-16,19H,1-4H3/b16-15-. The van der Waals surface area contributed by atoms with Gasteiger partial charge in [-0.05, 0) is 17.7 Å². The molecular weight excluding hydrogens is 466 g/mol. The first-order chi connectivity index (χ1) is 17.4. The molecule has 0 saturated carbocycles. The van der Waals surface area contributed by atoms with Gasteiger partial charge < -0.3 is 23.8 Å². The predicted molar refractivity (Wildman–Crippen MR) is 130 cm³/mol. The van der Waals surface area contributed by atoms with Crippen LogP contribution in [0.2, 0.25) is 0 Å². The lowest BCUT2D eigenvalue weighted by molar-refractivity contribution is -0.142. The highest BCUT2D eigenvalue weighted by molar-refractivity contribution is 6.18. The van der Waals surface area contributed by atoms with Crippen molar-refractivity contribution in [3.05, 3.63) is 94.7 Å². The van der Waals surface area contributed by atoms with Gasteiger partial charge in [-0.1, -0.05) is 60.7 Å². The molecule has 0 aromatic heterocycles. The van der Waals surface area contributed by atoms with Gasteiger partial charge in [-0.2, -0.15) is 0 Å². The number of para-hydroxylation sites is 1. The fraction of sp³-hybridized carbons (Fsp3) is 0.185. The van der Waals surface area contributed by atoms with Gasteiger partial charge in [0.25, 0.3) is 0 Å². The Morgan fingerprint density at radius 2 is 1.17 bits per heavy atom. The third-order valence-electron chi connectivity index (χ3n) is 5.44. The Labute approximate surface area is 208 Å². The number of esters is 4. The average molecular weight is 491 g/mol. The van der Waals surface area contributed by atoms with E-state index < -0.39 is 41.1 Å². The van der Waals surface area contributed by atoms with Gasteiger partial charge in [0.05, 0.1) is 45.6 Å². The lowest BCUT2D eigenvalue weighted by atomic mass is 9.86. The summed E-state index contributed by atoms with van der Waals surface area (Å²) in [5.41, 5.74) is -0.222. The maximum Gasteiger partial charge on any atom is 0.355 e. The van der Waals surface area contributed by atoms with E-state index in [1.54, 1.807) is 42.5 Å². The van der Waals surface area contributed by atoms with Crippen molar-refractivity contribution in [3.8, 4) is 0 Å². The van der Waals surface area contributed by atoms with Crippen LogP contribution in [-0.2, 0) is 38.1 Å². The number of anilines is 1. The fourth-order valence-electron chi connectivity index (χ4n) is 3.86. The first kappa shape index (κ1) is 26.0. The van der Waals surface area contributed by atoms with Crippen molar-refractivity contribution in [1.29, 1.82) is 0 Å². The maximum absolute atomic E-state index is 13.2. The van der Waals surface area contributed by atoms with Gasteiger partial charge in [0, 0.05) is 5.69 Å². The second kappa shape index (κ2) is 11.7. The highest BCUT2D eigenvalue weighted by atomic mass is 16.5. The van der Waals surface area contributed by atoms with Crippen molar-refractivity contribution < 1.29 is 38.1 Å². The summed E-state index contributed by atoms with van der Waals surface area (Å²) in [5, 5.41) is 0. The van der Waals surface area contributed by atoms with Crippen LogP contribution in [0.15, 0.2) is 89.2 Å². The molecule has 1 heterocycles. The molecule has 2 aromatic rings. The highest BCUT2D eigenvalue weighted by Crippen LogP contribution is 2.39. The predicted octanol–water partition coefficient (Wildman–Crippen LogP) is 2.83. The molecule has 1 aliphatic heterocycles. The number of nitrogens with zero attached hydrogens (tertiary/aromatic N) is 1. The van der Waals surface area contributed by atoms with E-state index in [-0.39, 0.29) is 11.3 Å². The summed E-state index contributed by atoms with van der Waals surface area (Å²) in [6, 6.07) is 16.7. The number of carbonyl (C=O) groups is 4. The summed E-state index contributed by atoms with van der Waals surface area (Å²) in [6.07, 6.45) is 3.34. The molecule has 1 atom stereocenters. The molecule has 0 fully saturated rings. The molecule has 0 N–H and O–H groups in total. The Hall–Kier alpha value is -4.66. The number of hydrogen-bond acceptors (Lipinski definition) is 9. The van der Waals surface area contributed by atoms with Crippen LogP contribution in [0.3, 0.4) is 0 Å². The minimum Gasteiger partial charge on any atom is -0.466 e. The van der Waals surface area contributed by atoms with Crippen LogP contribution in [0.5, 0.6) is 0 Å². The van der Waals surface area contributed by atoms with Crippen LogP contribution in [0.1, 0.15) is 5.56 Å². The van der Waals surface area contributed by atoms with E-state index in [4.69, 9.17) is 18.9 Å². The molecule has 1 aliphatic rings. The molecule has 1 unspecified atom stereocenters. The van der Waals surface area contributed by atoms with Crippen LogP contribution in [0.4, 0.5) is 5.69 Å². The molecule has 186 valence electrons. The van der Waals surface area contributed by atoms with Crippen molar-refractivity contribution >= 4 is 35.6 Å². The van der Waals surface area contributed by atoms with Crippen LogP contribution in [-0.4, -0.2) is 58.4 Å². The lowest BCUT2D eigenvalue weighted by Gasteiger charge is -2.38. The Kier molecular flexibility index (Phi) is 8.40. The number of ether oxygens (including phenoxy) is 4. The van der Waals surface area contributed by atoms with Crippen molar-refractivity contribution in [2.45, 2.75) is 6.04 Å².